The number of halogens is 2. The van der Waals surface area contributed by atoms with Crippen molar-refractivity contribution >= 4 is 34.8 Å². The molecule has 1 aromatic heterocycles. The van der Waals surface area contributed by atoms with Gasteiger partial charge in [-0.3, -0.25) is 9.59 Å². The lowest BCUT2D eigenvalue weighted by molar-refractivity contribution is 0.102. The Balaban J connectivity index is 1.92. The minimum absolute atomic E-state index is 0.0431. The van der Waals surface area contributed by atoms with Crippen LogP contribution in [-0.2, 0) is 6.54 Å². The van der Waals surface area contributed by atoms with Gasteiger partial charge in [-0.2, -0.15) is 0 Å². The minimum Gasteiger partial charge on any atom is -0.340 e. The van der Waals surface area contributed by atoms with Gasteiger partial charge < -0.3 is 9.88 Å². The van der Waals surface area contributed by atoms with E-state index >= 15 is 0 Å². The molecule has 4 rings (SSSR count). The molecule has 0 atom stereocenters. The first-order valence-corrected chi connectivity index (χ1v) is 10.8. The number of carbonyl (C=O) groups is 1. The molecule has 0 aliphatic carbocycles. The zero-order valence-corrected chi connectivity index (χ0v) is 18.8. The second-order valence-corrected chi connectivity index (χ2v) is 8.23. The number of para-hydroxylation sites is 1. The highest BCUT2D eigenvalue weighted by Crippen LogP contribution is 2.31. The van der Waals surface area contributed by atoms with Gasteiger partial charge in [0.2, 0.25) is 0 Å². The van der Waals surface area contributed by atoms with Crippen molar-refractivity contribution in [1.82, 2.24) is 4.57 Å². The molecule has 0 spiro atoms. The molecule has 160 valence electrons. The highest BCUT2D eigenvalue weighted by Gasteiger charge is 2.23. The van der Waals surface area contributed by atoms with E-state index in [1.165, 1.54) is 6.07 Å². The third-order valence-electron chi connectivity index (χ3n) is 5.16. The number of nitrogens with one attached hydrogen (secondary N) is 1. The molecule has 3 aromatic carbocycles. The van der Waals surface area contributed by atoms with Crippen molar-refractivity contribution in [2.24, 2.45) is 0 Å². The van der Waals surface area contributed by atoms with Crippen LogP contribution in [-0.4, -0.2) is 10.5 Å². The number of hydrogen-bond acceptors (Lipinski definition) is 2. The van der Waals surface area contributed by atoms with Crippen LogP contribution in [0, 0.1) is 6.92 Å². The molecule has 0 bridgehead atoms. The van der Waals surface area contributed by atoms with E-state index in [-0.39, 0.29) is 11.0 Å². The number of benzene rings is 3. The van der Waals surface area contributed by atoms with Crippen LogP contribution in [0.4, 0.5) is 5.69 Å². The molecule has 4 nitrogen and oxygen atoms in total. The summed E-state index contributed by atoms with van der Waals surface area (Å²) >= 11 is 12.6. The molecule has 32 heavy (non-hydrogen) atoms. The third kappa shape index (κ3) is 4.62. The summed E-state index contributed by atoms with van der Waals surface area (Å²) in [6.45, 7) is 2.28. The topological polar surface area (TPSA) is 51.1 Å². The summed E-state index contributed by atoms with van der Waals surface area (Å²) in [7, 11) is 0. The van der Waals surface area contributed by atoms with Crippen molar-refractivity contribution in [3.05, 3.63) is 122 Å². The molecule has 4 aromatic rings. The maximum absolute atomic E-state index is 13.3. The normalized spacial score (nSPS) is 10.7. The highest BCUT2D eigenvalue weighted by atomic mass is 35.5. The number of aryl methyl sites for hydroxylation is 1. The number of hydrogen-bond donors (Lipinski definition) is 1. The molecule has 6 heteroatoms. The number of pyridine rings is 1. The Morgan fingerprint density at radius 2 is 1.56 bits per heavy atom. The maximum Gasteiger partial charge on any atom is 0.261 e. The van der Waals surface area contributed by atoms with Crippen molar-refractivity contribution in [1.29, 1.82) is 0 Å². The van der Waals surface area contributed by atoms with Crippen molar-refractivity contribution < 1.29 is 4.79 Å². The fourth-order valence-electron chi connectivity index (χ4n) is 3.61. The Morgan fingerprint density at radius 3 is 2.25 bits per heavy atom. The molecular formula is C26H20Cl2N2O2. The smallest absolute Gasteiger partial charge is 0.261 e. The summed E-state index contributed by atoms with van der Waals surface area (Å²) in [5, 5.41) is 3.93. The van der Waals surface area contributed by atoms with E-state index in [2.05, 4.69) is 5.32 Å². The summed E-state index contributed by atoms with van der Waals surface area (Å²) in [4.78, 5) is 26.4. The summed E-state index contributed by atoms with van der Waals surface area (Å²) in [6, 6.07) is 25.2. The average Bonchev–Trinajstić information content (AvgIpc) is 2.78. The fraction of sp³-hybridized carbons (Fsp3) is 0.0769. The van der Waals surface area contributed by atoms with E-state index in [4.69, 9.17) is 23.2 Å². The predicted octanol–water partition coefficient (Wildman–Crippen LogP) is 6.43. The van der Waals surface area contributed by atoms with Crippen molar-refractivity contribution in [2.45, 2.75) is 13.5 Å². The van der Waals surface area contributed by atoms with Gasteiger partial charge in [0, 0.05) is 39.6 Å². The third-order valence-corrected chi connectivity index (χ3v) is 5.74. The van der Waals surface area contributed by atoms with E-state index in [0.29, 0.717) is 33.5 Å². The molecular weight excluding hydrogens is 443 g/mol. The van der Waals surface area contributed by atoms with E-state index in [0.717, 1.165) is 11.3 Å². The monoisotopic (exact) mass is 462 g/mol. The largest absolute Gasteiger partial charge is 0.340 e. The van der Waals surface area contributed by atoms with Crippen LogP contribution in [0.2, 0.25) is 10.0 Å². The van der Waals surface area contributed by atoms with E-state index in [1.807, 2.05) is 72.2 Å². The maximum atomic E-state index is 13.3. The highest BCUT2D eigenvalue weighted by molar-refractivity contribution is 6.33. The molecule has 0 fully saturated rings. The molecule has 0 saturated heterocycles. The van der Waals surface area contributed by atoms with Gasteiger partial charge in [0.05, 0.1) is 5.69 Å². The Kier molecular flexibility index (Phi) is 6.45. The second-order valence-electron chi connectivity index (χ2n) is 7.39. The molecule has 1 heterocycles. The number of nitrogens with zero attached hydrogens (tertiary/aromatic N) is 1. The van der Waals surface area contributed by atoms with Crippen LogP contribution >= 0.6 is 23.2 Å². The molecule has 0 unspecified atom stereocenters. The number of aromatic nitrogens is 1. The lowest BCUT2D eigenvalue weighted by atomic mass is 10.0. The molecule has 1 amide bonds. The quantitative estimate of drug-likeness (QED) is 0.371. The molecule has 0 aliphatic heterocycles. The lowest BCUT2D eigenvalue weighted by Gasteiger charge is -2.21. The second kappa shape index (κ2) is 9.43. The van der Waals surface area contributed by atoms with Crippen LogP contribution in [0.15, 0.2) is 89.7 Å². The van der Waals surface area contributed by atoms with Gasteiger partial charge in [0.15, 0.2) is 5.43 Å². The molecule has 0 saturated carbocycles. The predicted molar refractivity (Wildman–Crippen MR) is 131 cm³/mol. The van der Waals surface area contributed by atoms with Gasteiger partial charge in [-0.15, -0.1) is 0 Å². The van der Waals surface area contributed by atoms with Crippen LogP contribution in [0.5, 0.6) is 0 Å². The Bertz CT molecular complexity index is 1330. The molecule has 0 aliphatic rings. The Labute approximate surface area is 196 Å². The summed E-state index contributed by atoms with van der Waals surface area (Å²) in [5.41, 5.74) is 3.07. The Morgan fingerprint density at radius 1 is 0.906 bits per heavy atom. The van der Waals surface area contributed by atoms with Gasteiger partial charge >= 0.3 is 0 Å². The first kappa shape index (κ1) is 21.9. The number of anilines is 1. The Hall–Kier alpha value is -3.34. The summed E-state index contributed by atoms with van der Waals surface area (Å²) < 4.78 is 1.94. The average molecular weight is 463 g/mol. The van der Waals surface area contributed by atoms with E-state index < -0.39 is 5.91 Å². The van der Waals surface area contributed by atoms with Gasteiger partial charge in [0.25, 0.3) is 5.91 Å². The van der Waals surface area contributed by atoms with Crippen LogP contribution in [0.25, 0.3) is 11.3 Å². The number of rotatable bonds is 5. The zero-order valence-electron chi connectivity index (χ0n) is 17.3. The van der Waals surface area contributed by atoms with Crippen molar-refractivity contribution in [3.8, 4) is 11.3 Å². The summed E-state index contributed by atoms with van der Waals surface area (Å²) in [6.07, 6.45) is 0. The van der Waals surface area contributed by atoms with E-state index in [9.17, 15) is 9.59 Å². The first-order valence-electron chi connectivity index (χ1n) is 10.0. The SMILES string of the molecule is Cc1cc(=O)c(C(=O)Nc2ccccc2)c(-c2ccccc2Cl)n1Cc1ccc(Cl)cc1. The van der Waals surface area contributed by atoms with Crippen molar-refractivity contribution in [2.75, 3.05) is 5.32 Å². The minimum atomic E-state index is -0.485. The number of carbonyl (C=O) groups excluding carboxylic acids is 1. The zero-order chi connectivity index (χ0) is 22.7. The van der Waals surface area contributed by atoms with Gasteiger partial charge in [-0.25, -0.2) is 0 Å². The standard InChI is InChI=1S/C26H20Cl2N2O2/c1-17-15-23(31)24(26(32)29-20-7-3-2-4-8-20)25(21-9-5-6-10-22(21)28)30(17)16-18-11-13-19(27)14-12-18/h2-15H,16H2,1H3,(H,29,32). The van der Waals surface area contributed by atoms with Gasteiger partial charge in [-0.05, 0) is 42.8 Å². The van der Waals surface area contributed by atoms with E-state index in [1.54, 1.807) is 18.2 Å². The fourth-order valence-corrected chi connectivity index (χ4v) is 3.96. The number of amides is 1. The van der Waals surface area contributed by atoms with Gasteiger partial charge in [0.1, 0.15) is 5.56 Å². The first-order chi connectivity index (χ1) is 15.4. The van der Waals surface area contributed by atoms with Crippen LogP contribution in [0.1, 0.15) is 21.6 Å². The lowest BCUT2D eigenvalue weighted by Crippen LogP contribution is -2.27. The molecule has 1 N–H and O–H groups in total. The van der Waals surface area contributed by atoms with Crippen LogP contribution < -0.4 is 10.7 Å². The van der Waals surface area contributed by atoms with Crippen molar-refractivity contribution in [3.63, 3.8) is 0 Å². The van der Waals surface area contributed by atoms with Crippen LogP contribution in [0.3, 0.4) is 0 Å². The van der Waals surface area contributed by atoms with Gasteiger partial charge in [-0.1, -0.05) is 71.7 Å². The molecule has 0 radical (unpaired) electrons. The summed E-state index contributed by atoms with van der Waals surface area (Å²) in [5.74, 6) is -0.485.